The number of benzene rings is 2. The van der Waals surface area contributed by atoms with Gasteiger partial charge in [0.2, 0.25) is 16.4 Å². The molecule has 1 aliphatic heterocycles. The fourth-order valence-corrected chi connectivity index (χ4v) is 6.43. The minimum absolute atomic E-state index is 0.0671. The molecule has 6 nitrogen and oxygen atoms in total. The van der Waals surface area contributed by atoms with Crippen molar-refractivity contribution >= 4 is 28.2 Å². The zero-order valence-electron chi connectivity index (χ0n) is 17.8. The van der Waals surface area contributed by atoms with E-state index in [0.29, 0.717) is 41.5 Å². The Kier molecular flexibility index (Phi) is 8.29. The van der Waals surface area contributed by atoms with Crippen LogP contribution in [-0.2, 0) is 21.4 Å². The number of hydrogen-bond donors (Lipinski definition) is 1. The topological polar surface area (TPSA) is 90.3 Å². The second kappa shape index (κ2) is 10.9. The number of carbonyl (C=O) groups is 1. The Hall–Kier alpha value is -2.41. The number of halogens is 1. The highest BCUT2D eigenvalue weighted by Crippen LogP contribution is 2.35. The fraction of sp³-hybridized carbons (Fsp3) is 0.391. The first kappa shape index (κ1) is 24.2. The molecular weight excluding hydrogens is 449 g/mol. The van der Waals surface area contributed by atoms with Crippen molar-refractivity contribution in [2.75, 3.05) is 13.1 Å². The molecule has 0 radical (unpaired) electrons. The predicted octanol–water partition coefficient (Wildman–Crippen LogP) is 3.98. The fourth-order valence-electron chi connectivity index (χ4n) is 3.74. The lowest BCUT2D eigenvalue weighted by Crippen LogP contribution is -2.33. The monoisotopic (exact) mass is 475 g/mol. The summed E-state index contributed by atoms with van der Waals surface area (Å²) in [7, 11) is -3.71. The number of rotatable bonds is 9. The minimum Gasteiger partial charge on any atom is -0.345 e. The summed E-state index contributed by atoms with van der Waals surface area (Å²) in [4.78, 5) is 13.5. The van der Waals surface area contributed by atoms with Crippen LogP contribution in [-0.4, -0.2) is 38.1 Å². The van der Waals surface area contributed by atoms with E-state index < -0.39 is 15.3 Å². The second-order valence-electron chi connectivity index (χ2n) is 7.72. The van der Waals surface area contributed by atoms with Crippen molar-refractivity contribution in [1.29, 1.82) is 5.26 Å². The van der Waals surface area contributed by atoms with E-state index >= 15 is 0 Å². The first-order chi connectivity index (χ1) is 15.4. The Morgan fingerprint density at radius 2 is 1.94 bits per heavy atom. The van der Waals surface area contributed by atoms with Gasteiger partial charge >= 0.3 is 0 Å². The molecule has 1 N–H and O–H groups in total. The van der Waals surface area contributed by atoms with Crippen molar-refractivity contribution in [1.82, 2.24) is 9.62 Å². The lowest BCUT2D eigenvalue weighted by atomic mass is 10.1. The molecule has 1 saturated heterocycles. The molecule has 9 heteroatoms. The van der Waals surface area contributed by atoms with Gasteiger partial charge in [-0.05, 0) is 54.7 Å². The largest absolute Gasteiger partial charge is 0.345 e. The van der Waals surface area contributed by atoms with E-state index in [2.05, 4.69) is 10.8 Å². The molecule has 2 aromatic carbocycles. The highest BCUT2D eigenvalue weighted by molar-refractivity contribution is 8.00. The van der Waals surface area contributed by atoms with Crippen LogP contribution in [0, 0.1) is 17.1 Å². The molecule has 1 atom stereocenters. The molecule has 1 amide bonds. The second-order valence-corrected chi connectivity index (χ2v) is 11.0. The van der Waals surface area contributed by atoms with Crippen LogP contribution in [0.3, 0.4) is 0 Å². The Labute approximate surface area is 192 Å². The molecule has 1 heterocycles. The number of nitrogens with one attached hydrogen (secondary N) is 1. The van der Waals surface area contributed by atoms with E-state index in [-0.39, 0.29) is 12.4 Å². The van der Waals surface area contributed by atoms with Crippen LogP contribution in [0.4, 0.5) is 4.39 Å². The van der Waals surface area contributed by atoms with E-state index in [9.17, 15) is 22.9 Å². The maximum absolute atomic E-state index is 13.1. The third kappa shape index (κ3) is 6.09. The highest BCUT2D eigenvalue weighted by Gasteiger charge is 2.27. The number of sulfonamides is 1. The van der Waals surface area contributed by atoms with Gasteiger partial charge in [-0.3, -0.25) is 4.79 Å². The number of nitrogens with zero attached hydrogens (tertiary/aromatic N) is 2. The van der Waals surface area contributed by atoms with Crippen LogP contribution in [0.2, 0.25) is 0 Å². The number of piperidine rings is 1. The average Bonchev–Trinajstić information content (AvgIpc) is 2.80. The molecule has 0 saturated carbocycles. The van der Waals surface area contributed by atoms with Crippen molar-refractivity contribution in [3.05, 3.63) is 65.0 Å². The summed E-state index contributed by atoms with van der Waals surface area (Å²) >= 11 is 1.61. The third-order valence-corrected chi connectivity index (χ3v) is 8.87. The van der Waals surface area contributed by atoms with Gasteiger partial charge in [-0.15, -0.1) is 11.8 Å². The molecule has 0 bridgehead atoms. The molecule has 0 aromatic heterocycles. The number of likely N-dealkylation sites (tertiary alicyclic amines) is 1. The summed E-state index contributed by atoms with van der Waals surface area (Å²) < 4.78 is 41.6. The van der Waals surface area contributed by atoms with Crippen LogP contribution in [0.15, 0.2) is 47.4 Å². The van der Waals surface area contributed by atoms with Gasteiger partial charge in [-0.2, -0.15) is 5.26 Å². The van der Waals surface area contributed by atoms with Gasteiger partial charge in [-0.1, -0.05) is 25.1 Å². The maximum Gasteiger partial charge on any atom is 0.218 e. The van der Waals surface area contributed by atoms with Gasteiger partial charge in [0.25, 0.3) is 0 Å². The van der Waals surface area contributed by atoms with Crippen molar-refractivity contribution < 1.29 is 17.6 Å². The van der Waals surface area contributed by atoms with E-state index in [1.807, 2.05) is 6.07 Å². The molecule has 1 fully saturated rings. The molecular formula is C23H26FN3O3S2. The average molecular weight is 476 g/mol. The first-order valence-corrected chi connectivity index (χ1v) is 12.9. The van der Waals surface area contributed by atoms with Crippen molar-refractivity contribution in [3.63, 3.8) is 0 Å². The predicted molar refractivity (Wildman–Crippen MR) is 123 cm³/mol. The lowest BCUT2D eigenvalue weighted by molar-refractivity contribution is -0.118. The highest BCUT2D eigenvalue weighted by atomic mass is 32.2. The lowest BCUT2D eigenvalue weighted by Gasteiger charge is -2.29. The number of amides is 1. The Morgan fingerprint density at radius 3 is 2.53 bits per heavy atom. The van der Waals surface area contributed by atoms with Crippen LogP contribution in [0.1, 0.15) is 48.1 Å². The van der Waals surface area contributed by atoms with Gasteiger partial charge in [0.15, 0.2) is 0 Å². The number of hydrogen-bond acceptors (Lipinski definition) is 5. The summed E-state index contributed by atoms with van der Waals surface area (Å²) in [5.74, 6) is -0.376. The summed E-state index contributed by atoms with van der Waals surface area (Å²) in [6, 6.07) is 13.1. The minimum atomic E-state index is -3.71. The third-order valence-electron chi connectivity index (χ3n) is 5.55. The molecule has 3 rings (SSSR count). The van der Waals surface area contributed by atoms with Crippen molar-refractivity contribution in [2.45, 2.75) is 48.1 Å². The molecule has 0 spiro atoms. The summed E-state index contributed by atoms with van der Waals surface area (Å²) in [6.45, 7) is 3.27. The van der Waals surface area contributed by atoms with E-state index in [0.717, 1.165) is 24.1 Å². The van der Waals surface area contributed by atoms with Crippen molar-refractivity contribution in [2.24, 2.45) is 0 Å². The molecule has 32 heavy (non-hydrogen) atoms. The van der Waals surface area contributed by atoms with Crippen LogP contribution in [0.25, 0.3) is 0 Å². The molecule has 0 aliphatic carbocycles. The molecule has 170 valence electrons. The molecule has 1 aliphatic rings. The summed E-state index contributed by atoms with van der Waals surface area (Å²) in [5, 5.41) is 9.18. The SMILES string of the molecule is CCC(c1ccc(SC2CCN(C=O)CC2)c(C#N)c1)S(=O)(=O)NCc1ccc(F)cc1. The zero-order chi connectivity index (χ0) is 23.1. The smallest absolute Gasteiger partial charge is 0.218 e. The molecule has 2 aromatic rings. The van der Waals surface area contributed by atoms with Gasteiger partial charge in [0, 0.05) is 29.8 Å². The van der Waals surface area contributed by atoms with Crippen molar-refractivity contribution in [3.8, 4) is 6.07 Å². The zero-order valence-corrected chi connectivity index (χ0v) is 19.5. The van der Waals surface area contributed by atoms with Gasteiger partial charge in [0.1, 0.15) is 17.1 Å². The van der Waals surface area contributed by atoms with E-state index in [1.165, 1.54) is 24.3 Å². The van der Waals surface area contributed by atoms with Crippen LogP contribution >= 0.6 is 11.8 Å². The van der Waals surface area contributed by atoms with Gasteiger partial charge in [0.05, 0.1) is 5.56 Å². The Morgan fingerprint density at radius 1 is 1.25 bits per heavy atom. The molecule has 1 unspecified atom stereocenters. The van der Waals surface area contributed by atoms with E-state index in [1.54, 1.807) is 35.7 Å². The first-order valence-electron chi connectivity index (χ1n) is 10.5. The Balaban J connectivity index is 1.72. The van der Waals surface area contributed by atoms with E-state index in [4.69, 9.17) is 0 Å². The number of carbonyl (C=O) groups excluding carboxylic acids is 1. The number of thioether (sulfide) groups is 1. The van der Waals surface area contributed by atoms with Gasteiger partial charge in [-0.25, -0.2) is 17.5 Å². The van der Waals surface area contributed by atoms with Gasteiger partial charge < -0.3 is 4.90 Å². The van der Waals surface area contributed by atoms with Crippen LogP contribution in [0.5, 0.6) is 0 Å². The summed E-state index contributed by atoms with van der Waals surface area (Å²) in [6.07, 6.45) is 2.93. The maximum atomic E-state index is 13.1. The quantitative estimate of drug-likeness (QED) is 0.554. The van der Waals surface area contributed by atoms with Crippen LogP contribution < -0.4 is 4.72 Å². The number of nitriles is 1. The summed E-state index contributed by atoms with van der Waals surface area (Å²) in [5.41, 5.74) is 1.68. The Bertz CT molecular complexity index is 1080. The normalized spacial score (nSPS) is 15.8. The standard InChI is InChI=1S/C23H26FN3O3S2/c1-2-23(32(29,30)26-15-17-3-6-20(24)7-4-17)18-5-8-22(19(13-18)14-25)31-21-9-11-27(16-28)12-10-21/h3-8,13,16,21,23,26H,2,9-12,15H2,1H3.